The first-order valence-electron chi connectivity index (χ1n) is 11.6. The third-order valence-electron chi connectivity index (χ3n) is 5.08. The van der Waals surface area contributed by atoms with Gasteiger partial charge in [0.2, 0.25) is 0 Å². The average Bonchev–Trinajstić information content (AvgIpc) is 2.65. The second kappa shape index (κ2) is 14.7. The Hall–Kier alpha value is -1.27. The second-order valence-electron chi connectivity index (χ2n) is 8.95. The van der Waals surface area contributed by atoms with Gasteiger partial charge in [-0.15, -0.1) is 0 Å². The highest BCUT2D eigenvalue weighted by atomic mass is 32.2. The number of unbranched alkanes of at least 4 members (excludes halogenated alkanes) is 6. The highest BCUT2D eigenvalue weighted by molar-refractivity contribution is 7.86. The van der Waals surface area contributed by atoms with Crippen LogP contribution in [0.3, 0.4) is 0 Å². The van der Waals surface area contributed by atoms with Crippen LogP contribution in [0.5, 0.6) is 11.5 Å². The molecule has 0 aromatic heterocycles. The molecule has 0 spiro atoms. The Kier molecular flexibility index (Phi) is 13.1. The van der Waals surface area contributed by atoms with Gasteiger partial charge in [0.25, 0.3) is 10.1 Å². The van der Waals surface area contributed by atoms with Crippen LogP contribution in [0.15, 0.2) is 23.1 Å². The SMILES string of the molecule is CC(C)CCCCCCOc1cccc(S(=O)(=O)O)c1OCCCCCCC(C)C. The first-order chi connectivity index (χ1) is 14.2. The summed E-state index contributed by atoms with van der Waals surface area (Å²) in [7, 11) is -4.37. The molecule has 0 saturated heterocycles. The number of benzene rings is 1. The van der Waals surface area contributed by atoms with Crippen LogP contribution < -0.4 is 9.47 Å². The van der Waals surface area contributed by atoms with Gasteiger partial charge in [0.1, 0.15) is 4.90 Å². The summed E-state index contributed by atoms with van der Waals surface area (Å²) in [6.45, 7) is 9.82. The predicted octanol–water partition coefficient (Wildman–Crippen LogP) is 6.90. The van der Waals surface area contributed by atoms with Crippen molar-refractivity contribution in [1.29, 1.82) is 0 Å². The molecule has 0 aliphatic heterocycles. The van der Waals surface area contributed by atoms with Crippen molar-refractivity contribution in [3.05, 3.63) is 18.2 Å². The smallest absolute Gasteiger partial charge is 0.298 e. The van der Waals surface area contributed by atoms with E-state index in [2.05, 4.69) is 27.7 Å². The van der Waals surface area contributed by atoms with E-state index in [0.29, 0.717) is 19.0 Å². The number of ether oxygens (including phenoxy) is 2. The Bertz CT molecular complexity index is 683. The summed E-state index contributed by atoms with van der Waals surface area (Å²) in [5, 5.41) is 0. The fourth-order valence-corrected chi connectivity index (χ4v) is 3.97. The van der Waals surface area contributed by atoms with Gasteiger partial charge in [-0.3, -0.25) is 4.55 Å². The number of hydrogen-bond acceptors (Lipinski definition) is 4. The summed E-state index contributed by atoms with van der Waals surface area (Å²) in [6.07, 6.45) is 11.1. The first kappa shape index (κ1) is 26.8. The fraction of sp³-hybridized carbons (Fsp3) is 0.750. The molecule has 0 amide bonds. The fourth-order valence-electron chi connectivity index (χ4n) is 3.33. The zero-order valence-corrected chi connectivity index (χ0v) is 20.2. The van der Waals surface area contributed by atoms with Crippen molar-refractivity contribution in [2.24, 2.45) is 11.8 Å². The summed E-state index contributed by atoms with van der Waals surface area (Å²) in [4.78, 5) is -0.225. The highest BCUT2D eigenvalue weighted by Gasteiger charge is 2.21. The summed E-state index contributed by atoms with van der Waals surface area (Å²) in [5.41, 5.74) is 0. The summed E-state index contributed by atoms with van der Waals surface area (Å²) in [6, 6.07) is 4.62. The van der Waals surface area contributed by atoms with E-state index in [0.717, 1.165) is 43.9 Å². The molecule has 0 aliphatic carbocycles. The molecule has 1 aromatic rings. The largest absolute Gasteiger partial charge is 0.490 e. The van der Waals surface area contributed by atoms with E-state index in [9.17, 15) is 13.0 Å². The number of rotatable bonds is 17. The normalized spacial score (nSPS) is 12.0. The third-order valence-corrected chi connectivity index (χ3v) is 5.95. The molecule has 0 saturated carbocycles. The topological polar surface area (TPSA) is 72.8 Å². The van der Waals surface area contributed by atoms with Crippen LogP contribution in [-0.2, 0) is 10.1 Å². The summed E-state index contributed by atoms with van der Waals surface area (Å²) >= 11 is 0. The van der Waals surface area contributed by atoms with E-state index in [4.69, 9.17) is 9.47 Å². The molecule has 1 rings (SSSR count). The Balaban J connectivity index is 2.54. The molecule has 174 valence electrons. The van der Waals surface area contributed by atoms with Gasteiger partial charge in [0, 0.05) is 0 Å². The lowest BCUT2D eigenvalue weighted by Gasteiger charge is -2.15. The van der Waals surface area contributed by atoms with Crippen molar-refractivity contribution < 1.29 is 22.4 Å². The van der Waals surface area contributed by atoms with Crippen molar-refractivity contribution in [3.63, 3.8) is 0 Å². The van der Waals surface area contributed by atoms with E-state index in [1.54, 1.807) is 12.1 Å². The van der Waals surface area contributed by atoms with Gasteiger partial charge in [-0.2, -0.15) is 8.42 Å². The Morgan fingerprint density at radius 3 is 1.77 bits per heavy atom. The molecule has 0 unspecified atom stereocenters. The minimum Gasteiger partial charge on any atom is -0.490 e. The van der Waals surface area contributed by atoms with Crippen LogP contribution >= 0.6 is 0 Å². The van der Waals surface area contributed by atoms with E-state index in [-0.39, 0.29) is 10.6 Å². The molecule has 30 heavy (non-hydrogen) atoms. The van der Waals surface area contributed by atoms with Crippen LogP contribution in [0.1, 0.15) is 91.9 Å². The van der Waals surface area contributed by atoms with Gasteiger partial charge in [0.05, 0.1) is 13.2 Å². The Morgan fingerprint density at radius 1 is 0.767 bits per heavy atom. The van der Waals surface area contributed by atoms with Crippen LogP contribution in [0.2, 0.25) is 0 Å². The summed E-state index contributed by atoms with van der Waals surface area (Å²) < 4.78 is 44.7. The molecule has 0 radical (unpaired) electrons. The van der Waals surface area contributed by atoms with Crippen molar-refractivity contribution in [2.75, 3.05) is 13.2 Å². The van der Waals surface area contributed by atoms with Gasteiger partial charge in [-0.05, 0) is 36.8 Å². The first-order valence-corrected chi connectivity index (χ1v) is 13.0. The maximum atomic E-state index is 11.8. The molecule has 0 bridgehead atoms. The molecule has 0 aliphatic rings. The molecule has 6 heteroatoms. The van der Waals surface area contributed by atoms with Gasteiger partial charge in [-0.25, -0.2) is 0 Å². The van der Waals surface area contributed by atoms with Gasteiger partial charge < -0.3 is 9.47 Å². The monoisotopic (exact) mass is 442 g/mol. The van der Waals surface area contributed by atoms with Crippen molar-refractivity contribution in [1.82, 2.24) is 0 Å². The highest BCUT2D eigenvalue weighted by Crippen LogP contribution is 2.34. The molecule has 1 aromatic carbocycles. The molecule has 0 heterocycles. The van der Waals surface area contributed by atoms with E-state index >= 15 is 0 Å². The molecular weight excluding hydrogens is 400 g/mol. The minimum absolute atomic E-state index is 0.127. The maximum Gasteiger partial charge on any atom is 0.298 e. The standard InChI is InChI=1S/C24H42O5S/c1-20(2)14-9-5-7-11-18-28-22-16-13-17-23(30(25,26)27)24(22)29-19-12-8-6-10-15-21(3)4/h13,16-17,20-21H,5-12,14-15,18-19H2,1-4H3,(H,25,26,27). The van der Waals surface area contributed by atoms with Gasteiger partial charge >= 0.3 is 0 Å². The van der Waals surface area contributed by atoms with Crippen LogP contribution in [-0.4, -0.2) is 26.2 Å². The molecule has 0 fully saturated rings. The quantitative estimate of drug-likeness (QED) is 0.210. The molecular formula is C24H42O5S. The lowest BCUT2D eigenvalue weighted by atomic mass is 10.0. The lowest BCUT2D eigenvalue weighted by molar-refractivity contribution is 0.252. The minimum atomic E-state index is -4.37. The zero-order chi connectivity index (χ0) is 22.4. The number of para-hydroxylation sites is 1. The van der Waals surface area contributed by atoms with E-state index in [1.807, 2.05) is 0 Å². The van der Waals surface area contributed by atoms with E-state index < -0.39 is 10.1 Å². The van der Waals surface area contributed by atoms with Crippen molar-refractivity contribution in [3.8, 4) is 11.5 Å². The zero-order valence-electron chi connectivity index (χ0n) is 19.4. The third kappa shape index (κ3) is 11.8. The van der Waals surface area contributed by atoms with Crippen LogP contribution in [0.4, 0.5) is 0 Å². The van der Waals surface area contributed by atoms with Crippen molar-refractivity contribution >= 4 is 10.1 Å². The molecule has 0 atom stereocenters. The number of hydrogen-bond donors (Lipinski definition) is 1. The van der Waals surface area contributed by atoms with E-state index in [1.165, 1.54) is 38.2 Å². The molecule has 5 nitrogen and oxygen atoms in total. The van der Waals surface area contributed by atoms with Crippen molar-refractivity contribution in [2.45, 2.75) is 96.8 Å². The predicted molar refractivity (Wildman–Crippen MR) is 123 cm³/mol. The average molecular weight is 443 g/mol. The lowest BCUT2D eigenvalue weighted by Crippen LogP contribution is -2.08. The maximum absolute atomic E-state index is 11.8. The van der Waals surface area contributed by atoms with Crippen LogP contribution in [0.25, 0.3) is 0 Å². The van der Waals surface area contributed by atoms with Gasteiger partial charge in [-0.1, -0.05) is 85.1 Å². The van der Waals surface area contributed by atoms with Gasteiger partial charge in [0.15, 0.2) is 11.5 Å². The second-order valence-corrected chi connectivity index (χ2v) is 10.3. The Morgan fingerprint density at radius 2 is 1.27 bits per heavy atom. The molecule has 1 N–H and O–H groups in total. The summed E-state index contributed by atoms with van der Waals surface area (Å²) in [5.74, 6) is 1.96. The Labute approximate surface area is 184 Å². The van der Waals surface area contributed by atoms with Crippen LogP contribution in [0, 0.1) is 11.8 Å².